The first-order chi connectivity index (χ1) is 9.56. The summed E-state index contributed by atoms with van der Waals surface area (Å²) < 4.78 is 5.12. The van der Waals surface area contributed by atoms with Crippen LogP contribution in [0.15, 0.2) is 24.3 Å². The van der Waals surface area contributed by atoms with E-state index in [1.54, 1.807) is 7.11 Å². The highest BCUT2D eigenvalue weighted by Crippen LogP contribution is 2.21. The Balaban J connectivity index is 2.40. The van der Waals surface area contributed by atoms with E-state index < -0.39 is 0 Å². The van der Waals surface area contributed by atoms with Gasteiger partial charge in [0.15, 0.2) is 0 Å². The summed E-state index contributed by atoms with van der Waals surface area (Å²) >= 11 is 0. The third kappa shape index (κ3) is 5.61. The number of methoxy groups -OCH3 is 1. The van der Waals surface area contributed by atoms with Crippen molar-refractivity contribution in [2.24, 2.45) is 5.92 Å². The first kappa shape index (κ1) is 16.5. The monoisotopic (exact) mass is 279 g/mol. The Hall–Kier alpha value is -1.55. The van der Waals surface area contributed by atoms with Crippen LogP contribution >= 0.6 is 0 Å². The fourth-order valence-corrected chi connectivity index (χ4v) is 2.01. The lowest BCUT2D eigenvalue weighted by Crippen LogP contribution is -2.29. The Morgan fingerprint density at radius 3 is 2.50 bits per heavy atom. The van der Waals surface area contributed by atoms with Crippen LogP contribution in [0.2, 0.25) is 0 Å². The summed E-state index contributed by atoms with van der Waals surface area (Å²) in [6.45, 7) is 4.84. The molecule has 2 unspecified atom stereocenters. The van der Waals surface area contributed by atoms with E-state index in [1.807, 2.05) is 38.1 Å². The molecule has 20 heavy (non-hydrogen) atoms. The van der Waals surface area contributed by atoms with Gasteiger partial charge in [0.05, 0.1) is 7.11 Å². The average Bonchev–Trinajstić information content (AvgIpc) is 2.45. The minimum absolute atomic E-state index is 0.0538. The molecule has 112 valence electrons. The van der Waals surface area contributed by atoms with Gasteiger partial charge in [-0.3, -0.25) is 4.79 Å². The van der Waals surface area contributed by atoms with E-state index in [2.05, 4.69) is 5.32 Å². The zero-order valence-electron chi connectivity index (χ0n) is 12.6. The number of benzene rings is 1. The first-order valence-corrected chi connectivity index (χ1v) is 7.08. The van der Waals surface area contributed by atoms with E-state index in [-0.39, 0.29) is 18.4 Å². The van der Waals surface area contributed by atoms with Crippen LogP contribution in [0.25, 0.3) is 0 Å². The molecule has 0 aliphatic carbocycles. The summed E-state index contributed by atoms with van der Waals surface area (Å²) in [6.07, 6.45) is 1.19. The molecule has 1 aromatic carbocycles. The molecule has 1 aromatic rings. The second-order valence-corrected chi connectivity index (χ2v) is 5.30. The van der Waals surface area contributed by atoms with Crippen molar-refractivity contribution in [3.8, 4) is 5.75 Å². The van der Waals surface area contributed by atoms with Crippen molar-refractivity contribution < 1.29 is 14.6 Å². The van der Waals surface area contributed by atoms with E-state index in [4.69, 9.17) is 9.84 Å². The van der Waals surface area contributed by atoms with Gasteiger partial charge in [0.2, 0.25) is 5.91 Å². The Bertz CT molecular complexity index is 403. The van der Waals surface area contributed by atoms with E-state index in [1.165, 1.54) is 0 Å². The van der Waals surface area contributed by atoms with Gasteiger partial charge in [0, 0.05) is 19.6 Å². The highest BCUT2D eigenvalue weighted by Gasteiger charge is 2.12. The molecule has 0 radical (unpaired) electrons. The molecule has 2 N–H and O–H groups in total. The van der Waals surface area contributed by atoms with Crippen LogP contribution in [0.5, 0.6) is 5.75 Å². The van der Waals surface area contributed by atoms with E-state index in [0.29, 0.717) is 25.3 Å². The quantitative estimate of drug-likeness (QED) is 0.768. The lowest BCUT2D eigenvalue weighted by atomic mass is 9.97. The molecule has 0 aliphatic rings. The topological polar surface area (TPSA) is 58.6 Å². The summed E-state index contributed by atoms with van der Waals surface area (Å²) in [7, 11) is 1.64. The lowest BCUT2D eigenvalue weighted by molar-refractivity contribution is -0.121. The predicted molar refractivity (Wildman–Crippen MR) is 79.9 cm³/mol. The Morgan fingerprint density at radius 2 is 1.95 bits per heavy atom. The molecule has 0 spiro atoms. The maximum absolute atomic E-state index is 11.9. The van der Waals surface area contributed by atoms with Crippen LogP contribution in [0.3, 0.4) is 0 Å². The average molecular weight is 279 g/mol. The van der Waals surface area contributed by atoms with Crippen LogP contribution in [0.4, 0.5) is 0 Å². The van der Waals surface area contributed by atoms with Gasteiger partial charge in [-0.05, 0) is 36.0 Å². The molecule has 1 amide bonds. The number of hydrogen-bond donors (Lipinski definition) is 2. The third-order valence-electron chi connectivity index (χ3n) is 3.45. The molecule has 1 rings (SSSR count). The van der Waals surface area contributed by atoms with Crippen LogP contribution < -0.4 is 10.1 Å². The zero-order valence-corrected chi connectivity index (χ0v) is 12.6. The van der Waals surface area contributed by atoms with Gasteiger partial charge < -0.3 is 15.2 Å². The number of ether oxygens (including phenoxy) is 1. The van der Waals surface area contributed by atoms with Crippen molar-refractivity contribution in [3.63, 3.8) is 0 Å². The number of carbonyl (C=O) groups is 1. The Kier molecular flexibility index (Phi) is 7.09. The normalized spacial score (nSPS) is 13.6. The maximum atomic E-state index is 11.9. The molecule has 4 nitrogen and oxygen atoms in total. The fourth-order valence-electron chi connectivity index (χ4n) is 2.01. The van der Waals surface area contributed by atoms with Gasteiger partial charge in [-0.2, -0.15) is 0 Å². The summed E-state index contributed by atoms with van der Waals surface area (Å²) in [6, 6.07) is 7.80. The molecule has 0 heterocycles. The molecule has 0 bridgehead atoms. The van der Waals surface area contributed by atoms with Crippen molar-refractivity contribution >= 4 is 5.91 Å². The summed E-state index contributed by atoms with van der Waals surface area (Å²) in [5, 5.41) is 11.7. The van der Waals surface area contributed by atoms with E-state index in [9.17, 15) is 4.79 Å². The first-order valence-electron chi connectivity index (χ1n) is 7.08. The summed E-state index contributed by atoms with van der Waals surface area (Å²) in [4.78, 5) is 11.9. The zero-order chi connectivity index (χ0) is 15.0. The largest absolute Gasteiger partial charge is 0.497 e. The number of aliphatic hydroxyl groups excluding tert-OH is 1. The molecule has 0 saturated heterocycles. The molecule has 2 atom stereocenters. The molecule has 0 aromatic heterocycles. The smallest absolute Gasteiger partial charge is 0.220 e. The Morgan fingerprint density at radius 1 is 1.30 bits per heavy atom. The van der Waals surface area contributed by atoms with Crippen LogP contribution in [0, 0.1) is 5.92 Å². The van der Waals surface area contributed by atoms with Crippen LogP contribution in [-0.2, 0) is 4.79 Å². The van der Waals surface area contributed by atoms with Crippen molar-refractivity contribution in [2.45, 2.75) is 32.6 Å². The highest BCUT2D eigenvalue weighted by molar-refractivity contribution is 5.76. The molecule has 0 aliphatic heterocycles. The van der Waals surface area contributed by atoms with Gasteiger partial charge >= 0.3 is 0 Å². The number of aliphatic hydroxyl groups is 1. The van der Waals surface area contributed by atoms with Crippen LogP contribution in [0.1, 0.15) is 38.2 Å². The molecule has 4 heteroatoms. The molecular weight excluding hydrogens is 254 g/mol. The lowest BCUT2D eigenvalue weighted by Gasteiger charge is -2.14. The number of hydrogen-bond acceptors (Lipinski definition) is 3. The van der Waals surface area contributed by atoms with Gasteiger partial charge in [0.25, 0.3) is 0 Å². The van der Waals surface area contributed by atoms with Crippen molar-refractivity contribution in [3.05, 3.63) is 29.8 Å². The molecule has 0 fully saturated rings. The second kappa shape index (κ2) is 8.59. The van der Waals surface area contributed by atoms with Gasteiger partial charge in [-0.25, -0.2) is 0 Å². The van der Waals surface area contributed by atoms with E-state index in [0.717, 1.165) is 11.3 Å². The summed E-state index contributed by atoms with van der Waals surface area (Å²) in [5.41, 5.74) is 1.13. The minimum atomic E-state index is 0.0538. The predicted octanol–water partition coefficient (Wildman–Crippen LogP) is 2.32. The highest BCUT2D eigenvalue weighted by atomic mass is 16.5. The summed E-state index contributed by atoms with van der Waals surface area (Å²) in [5.74, 6) is 1.36. The SMILES string of the molecule is COc1ccc(C(C)CC(=O)NCC(C)CCO)cc1. The number of carbonyl (C=O) groups excluding carboxylic acids is 1. The third-order valence-corrected chi connectivity index (χ3v) is 3.45. The number of amides is 1. The maximum Gasteiger partial charge on any atom is 0.220 e. The molecular formula is C16H25NO3. The van der Waals surface area contributed by atoms with Crippen molar-refractivity contribution in [1.29, 1.82) is 0 Å². The van der Waals surface area contributed by atoms with E-state index >= 15 is 0 Å². The van der Waals surface area contributed by atoms with Gasteiger partial charge in [-0.1, -0.05) is 26.0 Å². The molecule has 0 saturated carbocycles. The standard InChI is InChI=1S/C16H25NO3/c1-12(8-9-18)11-17-16(19)10-13(2)14-4-6-15(20-3)7-5-14/h4-7,12-13,18H,8-11H2,1-3H3,(H,17,19). The minimum Gasteiger partial charge on any atom is -0.497 e. The van der Waals surface area contributed by atoms with Gasteiger partial charge in [0.1, 0.15) is 5.75 Å². The fraction of sp³-hybridized carbons (Fsp3) is 0.562. The van der Waals surface area contributed by atoms with Gasteiger partial charge in [-0.15, -0.1) is 0 Å². The Labute approximate surface area is 121 Å². The number of nitrogens with one attached hydrogen (secondary N) is 1. The number of rotatable bonds is 8. The van der Waals surface area contributed by atoms with Crippen molar-refractivity contribution in [2.75, 3.05) is 20.3 Å². The van der Waals surface area contributed by atoms with Crippen molar-refractivity contribution in [1.82, 2.24) is 5.32 Å². The second-order valence-electron chi connectivity index (χ2n) is 5.30. The van der Waals surface area contributed by atoms with Crippen LogP contribution in [-0.4, -0.2) is 31.3 Å².